The van der Waals surface area contributed by atoms with E-state index >= 15 is 0 Å². The first-order valence-corrected chi connectivity index (χ1v) is 8.38. The molecular formula is C14H16N2O3S. The minimum atomic E-state index is -3.10. The largest absolute Gasteiger partial charge is 0.383 e. The maximum absolute atomic E-state index is 12.2. The van der Waals surface area contributed by atoms with Crippen molar-refractivity contribution >= 4 is 9.84 Å². The zero-order valence-electron chi connectivity index (χ0n) is 11.0. The lowest BCUT2D eigenvalue weighted by atomic mass is 9.83. The van der Waals surface area contributed by atoms with Crippen molar-refractivity contribution in [3.05, 3.63) is 29.6 Å². The molecule has 20 heavy (non-hydrogen) atoms. The van der Waals surface area contributed by atoms with Gasteiger partial charge in [0.2, 0.25) is 0 Å². The van der Waals surface area contributed by atoms with E-state index in [0.717, 1.165) is 6.42 Å². The zero-order chi connectivity index (χ0) is 14.4. The summed E-state index contributed by atoms with van der Waals surface area (Å²) in [6.45, 7) is 0. The van der Waals surface area contributed by atoms with Gasteiger partial charge in [-0.25, -0.2) is 8.42 Å². The van der Waals surface area contributed by atoms with Gasteiger partial charge in [0.25, 0.3) is 0 Å². The van der Waals surface area contributed by atoms with Gasteiger partial charge in [-0.15, -0.1) is 0 Å². The summed E-state index contributed by atoms with van der Waals surface area (Å²) in [5.74, 6) is 0. The summed E-state index contributed by atoms with van der Waals surface area (Å²) in [6, 6.07) is 5.22. The summed E-state index contributed by atoms with van der Waals surface area (Å²) in [4.78, 5) is 4.15. The van der Waals surface area contributed by atoms with Gasteiger partial charge >= 0.3 is 0 Å². The molecule has 2 fully saturated rings. The molecule has 3 rings (SSSR count). The van der Waals surface area contributed by atoms with Gasteiger partial charge in [-0.05, 0) is 37.8 Å². The summed E-state index contributed by atoms with van der Waals surface area (Å²) in [5, 5.41) is 18.7. The van der Waals surface area contributed by atoms with E-state index in [0.29, 0.717) is 24.1 Å². The second-order valence-corrected chi connectivity index (χ2v) is 8.26. The van der Waals surface area contributed by atoms with Crippen LogP contribution >= 0.6 is 0 Å². The van der Waals surface area contributed by atoms with E-state index in [1.807, 2.05) is 6.07 Å². The lowest BCUT2D eigenvalue weighted by molar-refractivity contribution is 0.000988. The molecule has 2 atom stereocenters. The molecule has 1 aromatic rings. The molecule has 2 bridgehead atoms. The number of hydrogen-bond acceptors (Lipinski definition) is 5. The molecule has 0 saturated carbocycles. The van der Waals surface area contributed by atoms with Gasteiger partial charge in [0, 0.05) is 6.20 Å². The normalized spacial score (nSPS) is 35.2. The first-order chi connectivity index (χ1) is 9.45. The van der Waals surface area contributed by atoms with E-state index in [1.54, 1.807) is 12.1 Å². The van der Waals surface area contributed by atoms with Gasteiger partial charge in [0.15, 0.2) is 9.84 Å². The van der Waals surface area contributed by atoms with Crippen LogP contribution in [0.4, 0.5) is 0 Å². The van der Waals surface area contributed by atoms with E-state index in [-0.39, 0.29) is 12.8 Å². The van der Waals surface area contributed by atoms with Gasteiger partial charge in [-0.1, -0.05) is 6.42 Å². The predicted octanol–water partition coefficient (Wildman–Crippen LogP) is 1.27. The summed E-state index contributed by atoms with van der Waals surface area (Å²) >= 11 is 0. The number of aliphatic hydroxyl groups is 1. The van der Waals surface area contributed by atoms with Crippen LogP contribution in [0.25, 0.3) is 0 Å². The van der Waals surface area contributed by atoms with E-state index in [2.05, 4.69) is 4.98 Å². The highest BCUT2D eigenvalue weighted by molar-refractivity contribution is 7.92. The molecule has 0 radical (unpaired) electrons. The summed E-state index contributed by atoms with van der Waals surface area (Å²) in [7, 11) is -3.10. The molecule has 0 amide bonds. The topological polar surface area (TPSA) is 91.0 Å². The monoisotopic (exact) mass is 292 g/mol. The number of nitriles is 1. The van der Waals surface area contributed by atoms with Crippen LogP contribution in [0.5, 0.6) is 0 Å². The van der Waals surface area contributed by atoms with Crippen LogP contribution in [0.15, 0.2) is 18.3 Å². The summed E-state index contributed by atoms with van der Waals surface area (Å²) in [6.07, 6.45) is 4.00. The minimum Gasteiger partial charge on any atom is -0.383 e. The second-order valence-electron chi connectivity index (χ2n) is 5.75. The minimum absolute atomic E-state index is 0.213. The smallest absolute Gasteiger partial charge is 0.156 e. The van der Waals surface area contributed by atoms with Crippen LogP contribution in [-0.2, 0) is 15.4 Å². The maximum atomic E-state index is 12.2. The van der Waals surface area contributed by atoms with Crippen LogP contribution in [0.1, 0.15) is 43.4 Å². The van der Waals surface area contributed by atoms with Crippen molar-refractivity contribution in [3.8, 4) is 6.07 Å². The van der Waals surface area contributed by atoms with Gasteiger partial charge in [0.1, 0.15) is 11.7 Å². The average Bonchev–Trinajstić information content (AvgIpc) is 2.41. The van der Waals surface area contributed by atoms with Crippen LogP contribution in [-0.4, -0.2) is 29.0 Å². The van der Waals surface area contributed by atoms with Gasteiger partial charge < -0.3 is 5.11 Å². The number of pyridine rings is 1. The Bertz CT molecular complexity index is 641. The highest BCUT2D eigenvalue weighted by Gasteiger charge is 2.51. The third-order valence-electron chi connectivity index (χ3n) is 4.48. The zero-order valence-corrected chi connectivity index (χ0v) is 11.8. The molecule has 6 heteroatoms. The number of rotatable bonds is 1. The maximum Gasteiger partial charge on any atom is 0.156 e. The number of hydrogen-bond donors (Lipinski definition) is 1. The molecule has 0 aromatic carbocycles. The molecule has 2 aliphatic heterocycles. The standard InChI is InChI=1S/C14H16N2O3S/c15-8-10-4-5-13(16-9-10)14(17)6-11-2-1-3-12(7-14)20(11,18)19/h4-5,9,11-12,17H,1-3,6-7H2. The van der Waals surface area contributed by atoms with Crippen LogP contribution in [0.3, 0.4) is 0 Å². The number of nitrogens with zero attached hydrogens (tertiary/aromatic N) is 2. The van der Waals surface area contributed by atoms with Crippen molar-refractivity contribution in [3.63, 3.8) is 0 Å². The molecule has 106 valence electrons. The molecule has 0 aliphatic carbocycles. The third-order valence-corrected chi connectivity index (χ3v) is 7.14. The molecule has 2 saturated heterocycles. The van der Waals surface area contributed by atoms with Gasteiger partial charge in [0.05, 0.1) is 21.8 Å². The fraction of sp³-hybridized carbons (Fsp3) is 0.571. The van der Waals surface area contributed by atoms with E-state index < -0.39 is 25.9 Å². The average molecular weight is 292 g/mol. The highest BCUT2D eigenvalue weighted by atomic mass is 32.2. The number of aromatic nitrogens is 1. The first-order valence-electron chi connectivity index (χ1n) is 6.77. The fourth-order valence-corrected chi connectivity index (χ4v) is 5.94. The van der Waals surface area contributed by atoms with Crippen molar-refractivity contribution in [2.45, 2.75) is 48.2 Å². The highest BCUT2D eigenvalue weighted by Crippen LogP contribution is 2.45. The molecule has 2 aliphatic rings. The molecule has 5 nitrogen and oxygen atoms in total. The first kappa shape index (κ1) is 13.5. The SMILES string of the molecule is N#Cc1ccc(C2(O)CC3CCCC(C2)S3(=O)=O)nc1. The molecule has 2 unspecified atom stereocenters. The third kappa shape index (κ3) is 2.02. The molecule has 1 N–H and O–H groups in total. The Morgan fingerprint density at radius 3 is 2.45 bits per heavy atom. The van der Waals surface area contributed by atoms with Crippen molar-refractivity contribution in [1.29, 1.82) is 5.26 Å². The van der Waals surface area contributed by atoms with Crippen molar-refractivity contribution in [2.24, 2.45) is 0 Å². The van der Waals surface area contributed by atoms with Crippen LogP contribution in [0.2, 0.25) is 0 Å². The Hall–Kier alpha value is -1.45. The predicted molar refractivity (Wildman–Crippen MR) is 72.4 cm³/mol. The fourth-order valence-electron chi connectivity index (χ4n) is 3.39. The molecular weight excluding hydrogens is 276 g/mol. The molecule has 0 spiro atoms. The van der Waals surface area contributed by atoms with Crippen molar-refractivity contribution in [2.75, 3.05) is 0 Å². The number of fused-ring (bicyclic) bond motifs is 2. The molecule has 1 aromatic heterocycles. The van der Waals surface area contributed by atoms with E-state index in [4.69, 9.17) is 5.26 Å². The second kappa shape index (κ2) is 4.54. The molecule has 3 heterocycles. The van der Waals surface area contributed by atoms with Crippen molar-refractivity contribution < 1.29 is 13.5 Å². The Balaban J connectivity index is 1.95. The lowest BCUT2D eigenvalue weighted by Crippen LogP contribution is -2.50. The van der Waals surface area contributed by atoms with Gasteiger partial charge in [-0.2, -0.15) is 5.26 Å². The lowest BCUT2D eigenvalue weighted by Gasteiger charge is -2.43. The van der Waals surface area contributed by atoms with Crippen LogP contribution < -0.4 is 0 Å². The Morgan fingerprint density at radius 1 is 1.30 bits per heavy atom. The van der Waals surface area contributed by atoms with Crippen LogP contribution in [0, 0.1) is 11.3 Å². The Labute approximate surface area is 118 Å². The Kier molecular flexibility index (Phi) is 3.07. The van der Waals surface area contributed by atoms with E-state index in [1.165, 1.54) is 6.20 Å². The summed E-state index contributed by atoms with van der Waals surface area (Å²) in [5.41, 5.74) is -0.279. The summed E-state index contributed by atoms with van der Waals surface area (Å²) < 4.78 is 24.5. The van der Waals surface area contributed by atoms with E-state index in [9.17, 15) is 13.5 Å². The Morgan fingerprint density at radius 2 is 1.95 bits per heavy atom. The van der Waals surface area contributed by atoms with Gasteiger partial charge in [-0.3, -0.25) is 4.98 Å². The number of sulfone groups is 1. The quantitative estimate of drug-likeness (QED) is 0.841. The van der Waals surface area contributed by atoms with Crippen molar-refractivity contribution in [1.82, 2.24) is 4.98 Å².